The summed E-state index contributed by atoms with van der Waals surface area (Å²) >= 11 is 0. The molecule has 23 heavy (non-hydrogen) atoms. The smallest absolute Gasteiger partial charge is 0.255 e. The average molecular weight is 316 g/mol. The van der Waals surface area contributed by atoms with Gasteiger partial charge in [-0.1, -0.05) is 6.07 Å². The van der Waals surface area contributed by atoms with E-state index in [1.807, 2.05) is 0 Å². The third-order valence-corrected chi connectivity index (χ3v) is 4.05. The average Bonchev–Trinajstić information content (AvgIpc) is 3.16. The van der Waals surface area contributed by atoms with Crippen molar-refractivity contribution in [3.8, 4) is 17.3 Å². The highest BCUT2D eigenvalue weighted by Gasteiger charge is 2.28. The molecule has 2 atom stereocenters. The molecule has 1 fully saturated rings. The van der Waals surface area contributed by atoms with Gasteiger partial charge in [0.15, 0.2) is 0 Å². The molecule has 5 nitrogen and oxygen atoms in total. The number of aromatic nitrogens is 2. The summed E-state index contributed by atoms with van der Waals surface area (Å²) in [5, 5.41) is 17.9. The second-order valence-corrected chi connectivity index (χ2v) is 5.56. The van der Waals surface area contributed by atoms with Crippen LogP contribution in [0.25, 0.3) is 11.3 Å². The molecule has 0 radical (unpaired) electrons. The number of hydrogen-bond donors (Lipinski definition) is 2. The van der Waals surface area contributed by atoms with Crippen LogP contribution in [0.5, 0.6) is 0 Å². The molecule has 2 N–H and O–H groups in total. The number of nitriles is 1. The van der Waals surface area contributed by atoms with Crippen LogP contribution < -0.4 is 5.32 Å². The zero-order valence-electron chi connectivity index (χ0n) is 12.1. The molecule has 1 saturated carbocycles. The molecule has 0 saturated heterocycles. The third-order valence-electron chi connectivity index (χ3n) is 4.05. The zero-order valence-corrected chi connectivity index (χ0v) is 12.1. The van der Waals surface area contributed by atoms with E-state index < -0.39 is 17.5 Å². The van der Waals surface area contributed by atoms with E-state index >= 15 is 0 Å². The molecular weight excluding hydrogens is 302 g/mol. The minimum atomic E-state index is -0.770. The Morgan fingerprint density at radius 3 is 2.74 bits per heavy atom. The fraction of sp³-hybridized carbons (Fsp3) is 0.312. The molecule has 1 aliphatic rings. The molecule has 1 amide bonds. The van der Waals surface area contributed by atoms with Gasteiger partial charge < -0.3 is 5.32 Å². The van der Waals surface area contributed by atoms with E-state index in [2.05, 4.69) is 21.6 Å². The van der Waals surface area contributed by atoms with Crippen LogP contribution in [0.4, 0.5) is 8.78 Å². The summed E-state index contributed by atoms with van der Waals surface area (Å²) in [6.45, 7) is 0. The van der Waals surface area contributed by atoms with Gasteiger partial charge in [-0.05, 0) is 31.4 Å². The first kappa shape index (κ1) is 15.2. The lowest BCUT2D eigenvalue weighted by molar-refractivity contribution is 0.0938. The minimum absolute atomic E-state index is 0.00734. The molecule has 1 aliphatic carbocycles. The topological polar surface area (TPSA) is 81.6 Å². The van der Waals surface area contributed by atoms with Gasteiger partial charge in [-0.2, -0.15) is 10.4 Å². The maximum absolute atomic E-state index is 13.9. The number of rotatable bonds is 3. The van der Waals surface area contributed by atoms with Crippen LogP contribution in [0.3, 0.4) is 0 Å². The normalized spacial score (nSPS) is 20.2. The van der Waals surface area contributed by atoms with Gasteiger partial charge in [0, 0.05) is 12.0 Å². The molecule has 0 spiro atoms. The van der Waals surface area contributed by atoms with Crippen molar-refractivity contribution in [3.05, 3.63) is 41.6 Å². The monoisotopic (exact) mass is 316 g/mol. The standard InChI is InChI=1S/C16H14F2N4O/c17-12-2-1-3-13(18)14(12)15-11(8-20-22-15)16(23)21-10-5-4-9(6-10)7-19/h1-3,8-10H,4-6H2,(H,20,22)(H,21,23)/t9-,10+/m0/s1. The number of nitrogens with one attached hydrogen (secondary N) is 2. The molecule has 1 aromatic heterocycles. The maximum Gasteiger partial charge on any atom is 0.255 e. The van der Waals surface area contributed by atoms with Crippen LogP contribution in [0.2, 0.25) is 0 Å². The Kier molecular flexibility index (Phi) is 4.06. The van der Waals surface area contributed by atoms with Crippen molar-refractivity contribution in [2.24, 2.45) is 5.92 Å². The van der Waals surface area contributed by atoms with E-state index in [9.17, 15) is 13.6 Å². The zero-order chi connectivity index (χ0) is 16.4. The number of benzene rings is 1. The van der Waals surface area contributed by atoms with Gasteiger partial charge in [0.2, 0.25) is 0 Å². The minimum Gasteiger partial charge on any atom is -0.349 e. The summed E-state index contributed by atoms with van der Waals surface area (Å²) in [6.07, 6.45) is 3.28. The lowest BCUT2D eigenvalue weighted by Crippen LogP contribution is -2.33. The van der Waals surface area contributed by atoms with Gasteiger partial charge in [0.05, 0.1) is 29.1 Å². The highest BCUT2D eigenvalue weighted by Crippen LogP contribution is 2.28. The van der Waals surface area contributed by atoms with Crippen LogP contribution in [-0.2, 0) is 0 Å². The molecule has 1 heterocycles. The lowest BCUT2D eigenvalue weighted by atomic mass is 10.1. The number of halogens is 2. The van der Waals surface area contributed by atoms with Gasteiger partial charge in [-0.3, -0.25) is 9.89 Å². The Bertz CT molecular complexity index is 760. The Morgan fingerprint density at radius 1 is 1.35 bits per heavy atom. The molecule has 118 valence electrons. The van der Waals surface area contributed by atoms with Gasteiger partial charge >= 0.3 is 0 Å². The van der Waals surface area contributed by atoms with Crippen molar-refractivity contribution in [2.75, 3.05) is 0 Å². The predicted octanol–water partition coefficient (Wildman–Crippen LogP) is 2.78. The lowest BCUT2D eigenvalue weighted by Gasteiger charge is -2.12. The van der Waals surface area contributed by atoms with Gasteiger partial charge in [0.1, 0.15) is 11.6 Å². The number of aromatic amines is 1. The van der Waals surface area contributed by atoms with E-state index in [0.717, 1.165) is 18.6 Å². The number of carbonyl (C=O) groups excluding carboxylic acids is 1. The Hall–Kier alpha value is -2.75. The van der Waals surface area contributed by atoms with Crippen molar-refractivity contribution in [3.63, 3.8) is 0 Å². The quantitative estimate of drug-likeness (QED) is 0.913. The summed E-state index contributed by atoms with van der Waals surface area (Å²) in [4.78, 5) is 12.4. The van der Waals surface area contributed by atoms with Crippen molar-refractivity contribution >= 4 is 5.91 Å². The first-order valence-electron chi connectivity index (χ1n) is 7.28. The summed E-state index contributed by atoms with van der Waals surface area (Å²) in [5.41, 5.74) is -0.223. The summed E-state index contributed by atoms with van der Waals surface area (Å²) in [6, 6.07) is 5.57. The van der Waals surface area contributed by atoms with Gasteiger partial charge in [0.25, 0.3) is 5.91 Å². The maximum atomic E-state index is 13.9. The molecule has 3 rings (SSSR count). The van der Waals surface area contributed by atoms with Crippen molar-refractivity contribution in [1.82, 2.24) is 15.5 Å². The van der Waals surface area contributed by atoms with Crippen LogP contribution >= 0.6 is 0 Å². The highest BCUT2D eigenvalue weighted by atomic mass is 19.1. The summed E-state index contributed by atoms with van der Waals surface area (Å²) < 4.78 is 27.8. The molecule has 2 aromatic rings. The van der Waals surface area contributed by atoms with E-state index in [1.54, 1.807) is 0 Å². The SMILES string of the molecule is N#C[C@H]1CC[C@@H](NC(=O)c2cn[nH]c2-c2c(F)cccc2F)C1. The van der Waals surface area contributed by atoms with Crippen LogP contribution in [0.1, 0.15) is 29.6 Å². The fourth-order valence-corrected chi connectivity index (χ4v) is 2.88. The number of H-pyrrole nitrogens is 1. The predicted molar refractivity (Wildman–Crippen MR) is 78.1 cm³/mol. The summed E-state index contributed by atoms with van der Waals surface area (Å²) in [5.74, 6) is -2.06. The van der Waals surface area contributed by atoms with Crippen molar-refractivity contribution in [1.29, 1.82) is 5.26 Å². The molecule has 0 aliphatic heterocycles. The second-order valence-electron chi connectivity index (χ2n) is 5.56. The number of hydrogen-bond acceptors (Lipinski definition) is 3. The number of nitrogens with zero attached hydrogens (tertiary/aromatic N) is 2. The second kappa shape index (κ2) is 6.16. The Balaban J connectivity index is 1.84. The van der Waals surface area contributed by atoms with Gasteiger partial charge in [-0.25, -0.2) is 8.78 Å². The molecule has 1 aromatic carbocycles. The van der Waals surface area contributed by atoms with Crippen LogP contribution in [0.15, 0.2) is 24.4 Å². The first-order chi connectivity index (χ1) is 11.1. The number of carbonyl (C=O) groups is 1. The van der Waals surface area contributed by atoms with Crippen molar-refractivity contribution < 1.29 is 13.6 Å². The highest BCUT2D eigenvalue weighted by molar-refractivity contribution is 6.00. The molecule has 0 unspecified atom stereocenters. The van der Waals surface area contributed by atoms with Crippen LogP contribution in [0, 0.1) is 28.9 Å². The fourth-order valence-electron chi connectivity index (χ4n) is 2.88. The molecule has 0 bridgehead atoms. The van der Waals surface area contributed by atoms with Crippen molar-refractivity contribution in [2.45, 2.75) is 25.3 Å². The van der Waals surface area contributed by atoms with Gasteiger partial charge in [-0.15, -0.1) is 0 Å². The largest absolute Gasteiger partial charge is 0.349 e. The Labute approximate surface area is 131 Å². The molecular formula is C16H14F2N4O. The van der Waals surface area contributed by atoms with E-state index in [0.29, 0.717) is 12.8 Å². The van der Waals surface area contributed by atoms with E-state index in [4.69, 9.17) is 5.26 Å². The van der Waals surface area contributed by atoms with Crippen LogP contribution in [-0.4, -0.2) is 22.1 Å². The summed E-state index contributed by atoms with van der Waals surface area (Å²) in [7, 11) is 0. The Morgan fingerprint density at radius 2 is 2.09 bits per heavy atom. The third kappa shape index (κ3) is 2.93. The first-order valence-corrected chi connectivity index (χ1v) is 7.28. The van der Waals surface area contributed by atoms with E-state index in [-0.39, 0.29) is 28.8 Å². The molecule has 7 heteroatoms. The number of amides is 1. The van der Waals surface area contributed by atoms with E-state index in [1.165, 1.54) is 12.3 Å².